The van der Waals surface area contributed by atoms with Crippen LogP contribution in [-0.2, 0) is 4.43 Å². The van der Waals surface area contributed by atoms with Crippen molar-refractivity contribution < 1.29 is 9.53 Å². The van der Waals surface area contributed by atoms with Crippen molar-refractivity contribution in [2.24, 2.45) is 0 Å². The molecule has 1 aliphatic rings. The van der Waals surface area contributed by atoms with E-state index in [1.54, 1.807) is 0 Å². The number of benzene rings is 2. The van der Waals surface area contributed by atoms with Crippen LogP contribution in [0.4, 0.5) is 0 Å². The fourth-order valence-electron chi connectivity index (χ4n) is 4.31. The van der Waals surface area contributed by atoms with E-state index in [2.05, 4.69) is 88.0 Å². The Hall–Kier alpha value is -1.94. The van der Waals surface area contributed by atoms with Crippen molar-refractivity contribution in [1.29, 1.82) is 0 Å². The first kappa shape index (κ1) is 20.8. The molecular formula is C25H32O2Si. The lowest BCUT2D eigenvalue weighted by Gasteiger charge is -2.46. The van der Waals surface area contributed by atoms with Gasteiger partial charge in [-0.2, -0.15) is 0 Å². The molecule has 3 rings (SSSR count). The minimum absolute atomic E-state index is 0.0159. The van der Waals surface area contributed by atoms with Gasteiger partial charge in [0.2, 0.25) is 0 Å². The van der Waals surface area contributed by atoms with Crippen LogP contribution < -0.4 is 10.4 Å². The summed E-state index contributed by atoms with van der Waals surface area (Å²) in [7, 11) is -2.58. The smallest absolute Gasteiger partial charge is 0.261 e. The quantitative estimate of drug-likeness (QED) is 0.596. The fourth-order valence-corrected chi connectivity index (χ4v) is 9.00. The molecule has 0 aliphatic heterocycles. The SMILES string of the molecule is C=C1CC/C(=C/CO)CC1O[Si](c1ccccc1)(c1ccccc1)C(C)(C)C. The Balaban J connectivity index is 2.13. The van der Waals surface area contributed by atoms with Gasteiger partial charge < -0.3 is 9.53 Å². The molecule has 3 heteroatoms. The number of aliphatic hydroxyl groups is 1. The van der Waals surface area contributed by atoms with Crippen molar-refractivity contribution in [1.82, 2.24) is 0 Å². The van der Waals surface area contributed by atoms with E-state index in [4.69, 9.17) is 4.43 Å². The average molecular weight is 393 g/mol. The van der Waals surface area contributed by atoms with Crippen molar-refractivity contribution in [3.8, 4) is 0 Å². The highest BCUT2D eigenvalue weighted by molar-refractivity contribution is 6.99. The van der Waals surface area contributed by atoms with Crippen LogP contribution in [0.1, 0.15) is 40.0 Å². The Kier molecular flexibility index (Phi) is 6.39. The summed E-state index contributed by atoms with van der Waals surface area (Å²) in [5.41, 5.74) is 2.45. The lowest BCUT2D eigenvalue weighted by molar-refractivity contribution is 0.208. The van der Waals surface area contributed by atoms with E-state index in [0.29, 0.717) is 0 Å². The van der Waals surface area contributed by atoms with Crippen LogP contribution in [0.2, 0.25) is 5.04 Å². The van der Waals surface area contributed by atoms with E-state index in [0.717, 1.165) is 19.3 Å². The first-order valence-electron chi connectivity index (χ1n) is 10.1. The van der Waals surface area contributed by atoms with Crippen molar-refractivity contribution in [2.75, 3.05) is 6.61 Å². The monoisotopic (exact) mass is 392 g/mol. The Morgan fingerprint density at radius 3 is 2.00 bits per heavy atom. The normalized spacial score (nSPS) is 19.8. The Bertz CT molecular complexity index is 779. The average Bonchev–Trinajstić information content (AvgIpc) is 2.69. The fraction of sp³-hybridized carbons (Fsp3) is 0.360. The minimum Gasteiger partial charge on any atom is -0.400 e. The molecule has 1 atom stereocenters. The van der Waals surface area contributed by atoms with Crippen LogP contribution in [0.25, 0.3) is 0 Å². The summed E-state index contributed by atoms with van der Waals surface area (Å²) in [6.45, 7) is 11.3. The molecule has 0 spiro atoms. The second-order valence-corrected chi connectivity index (χ2v) is 12.9. The number of rotatable bonds is 5. The minimum atomic E-state index is -2.58. The summed E-state index contributed by atoms with van der Waals surface area (Å²) in [4.78, 5) is 0. The third kappa shape index (κ3) is 4.07. The summed E-state index contributed by atoms with van der Waals surface area (Å²) < 4.78 is 7.22. The van der Waals surface area contributed by atoms with Gasteiger partial charge in [0, 0.05) is 0 Å². The molecule has 1 fully saturated rings. The van der Waals surface area contributed by atoms with E-state index < -0.39 is 8.32 Å². The van der Waals surface area contributed by atoms with Crippen LogP contribution in [0, 0.1) is 0 Å². The largest absolute Gasteiger partial charge is 0.400 e. The number of hydrogen-bond acceptors (Lipinski definition) is 2. The maximum atomic E-state index is 9.36. The molecule has 2 nitrogen and oxygen atoms in total. The predicted octanol–water partition coefficient (Wildman–Crippen LogP) is 4.59. The summed E-state index contributed by atoms with van der Waals surface area (Å²) in [5.74, 6) is 0. The first-order valence-corrected chi connectivity index (χ1v) is 12.0. The summed E-state index contributed by atoms with van der Waals surface area (Å²) in [5, 5.41) is 11.9. The molecule has 0 saturated heterocycles. The number of hydrogen-bond donors (Lipinski definition) is 1. The standard InChI is InChI=1S/C25H32O2Si/c1-20-15-16-21(17-18-26)19-24(20)27-28(25(2,3)4,22-11-7-5-8-12-22)23-13-9-6-10-14-23/h5-14,17,24,26H,1,15-16,18-19H2,2-4H3/b21-17-. The van der Waals surface area contributed by atoms with Gasteiger partial charge in [-0.15, -0.1) is 0 Å². The molecule has 28 heavy (non-hydrogen) atoms. The van der Waals surface area contributed by atoms with E-state index in [1.807, 2.05) is 6.08 Å². The molecule has 148 valence electrons. The maximum Gasteiger partial charge on any atom is 0.261 e. The zero-order valence-electron chi connectivity index (χ0n) is 17.3. The molecule has 1 unspecified atom stereocenters. The highest BCUT2D eigenvalue weighted by Crippen LogP contribution is 2.40. The Labute approximate surface area is 170 Å². The van der Waals surface area contributed by atoms with Gasteiger partial charge in [-0.1, -0.05) is 99.7 Å². The topological polar surface area (TPSA) is 29.5 Å². The Morgan fingerprint density at radius 1 is 1.00 bits per heavy atom. The van der Waals surface area contributed by atoms with Gasteiger partial charge in [-0.25, -0.2) is 0 Å². The van der Waals surface area contributed by atoms with Gasteiger partial charge in [0.15, 0.2) is 0 Å². The van der Waals surface area contributed by atoms with Gasteiger partial charge in [-0.3, -0.25) is 0 Å². The Morgan fingerprint density at radius 2 is 1.54 bits per heavy atom. The van der Waals surface area contributed by atoms with E-state index in [1.165, 1.54) is 21.5 Å². The van der Waals surface area contributed by atoms with E-state index in [-0.39, 0.29) is 17.7 Å². The summed E-state index contributed by atoms with van der Waals surface area (Å²) in [6.07, 6.45) is 4.64. The van der Waals surface area contributed by atoms with Crippen molar-refractivity contribution in [2.45, 2.75) is 51.2 Å². The molecule has 1 aliphatic carbocycles. The van der Waals surface area contributed by atoms with Gasteiger partial charge >= 0.3 is 0 Å². The van der Waals surface area contributed by atoms with E-state index >= 15 is 0 Å². The molecule has 1 saturated carbocycles. The second-order valence-electron chi connectivity index (χ2n) is 8.68. The van der Waals surface area contributed by atoms with Gasteiger partial charge in [0.1, 0.15) is 0 Å². The predicted molar refractivity (Wildman–Crippen MR) is 121 cm³/mol. The zero-order valence-corrected chi connectivity index (χ0v) is 18.3. The van der Waals surface area contributed by atoms with Crippen molar-refractivity contribution >= 4 is 18.7 Å². The van der Waals surface area contributed by atoms with Crippen LogP contribution in [0.15, 0.2) is 84.5 Å². The second kappa shape index (κ2) is 8.60. The molecule has 0 bridgehead atoms. The first-order chi connectivity index (χ1) is 13.4. The van der Waals surface area contributed by atoms with Crippen molar-refractivity contribution in [3.05, 3.63) is 84.5 Å². The number of aliphatic hydroxyl groups excluding tert-OH is 1. The van der Waals surface area contributed by atoms with E-state index in [9.17, 15) is 5.11 Å². The van der Waals surface area contributed by atoms with Crippen LogP contribution >= 0.6 is 0 Å². The van der Waals surface area contributed by atoms with Gasteiger partial charge in [-0.05, 0) is 40.2 Å². The molecule has 0 heterocycles. The lowest BCUT2D eigenvalue weighted by atomic mass is 9.89. The third-order valence-electron chi connectivity index (χ3n) is 5.79. The molecule has 0 radical (unpaired) electrons. The highest BCUT2D eigenvalue weighted by Gasteiger charge is 2.51. The maximum absolute atomic E-state index is 9.36. The molecule has 0 aromatic heterocycles. The van der Waals surface area contributed by atoms with Crippen LogP contribution in [0.3, 0.4) is 0 Å². The molecular weight excluding hydrogens is 360 g/mol. The molecule has 2 aromatic carbocycles. The van der Waals surface area contributed by atoms with Crippen molar-refractivity contribution in [3.63, 3.8) is 0 Å². The molecule has 1 N–H and O–H groups in total. The van der Waals surface area contributed by atoms with Gasteiger partial charge in [0.25, 0.3) is 8.32 Å². The third-order valence-corrected chi connectivity index (χ3v) is 10.8. The van der Waals surface area contributed by atoms with Crippen LogP contribution in [0.5, 0.6) is 0 Å². The highest BCUT2D eigenvalue weighted by atomic mass is 28.4. The van der Waals surface area contributed by atoms with Gasteiger partial charge in [0.05, 0.1) is 12.7 Å². The zero-order chi connectivity index (χ0) is 20.2. The molecule has 2 aromatic rings. The molecule has 0 amide bonds. The lowest BCUT2D eigenvalue weighted by Crippen LogP contribution is -2.68. The van der Waals surface area contributed by atoms with Crippen LogP contribution in [-0.4, -0.2) is 26.1 Å². The summed E-state index contributed by atoms with van der Waals surface area (Å²) >= 11 is 0. The summed E-state index contributed by atoms with van der Waals surface area (Å²) in [6, 6.07) is 21.5.